The summed E-state index contributed by atoms with van der Waals surface area (Å²) in [7, 11) is 0. The highest BCUT2D eigenvalue weighted by Crippen LogP contribution is 2.37. The number of ketones is 1. The molecule has 26 heavy (non-hydrogen) atoms. The molecule has 0 aromatic heterocycles. The van der Waals surface area contributed by atoms with Gasteiger partial charge in [-0.15, -0.1) is 11.8 Å². The van der Waals surface area contributed by atoms with E-state index in [4.69, 9.17) is 5.11 Å². The van der Waals surface area contributed by atoms with Crippen molar-refractivity contribution in [3.63, 3.8) is 0 Å². The molecule has 0 bridgehead atoms. The molecule has 0 heterocycles. The molecular weight excluding hydrogens is 328 g/mol. The largest absolute Gasteiger partial charge is 0.479 e. The molecule has 0 aromatic rings. The Labute approximate surface area is 157 Å². The predicted octanol–water partition coefficient (Wildman–Crippen LogP) is 4.00. The maximum Gasteiger partial charge on any atom is 0.332 e. The topological polar surface area (TPSA) is 74.6 Å². The Bertz CT molecular complexity index is 579. The van der Waals surface area contributed by atoms with Crippen molar-refractivity contribution in [3.8, 4) is 11.8 Å². The quantitative estimate of drug-likeness (QED) is 0.456. The lowest BCUT2D eigenvalue weighted by molar-refractivity contribution is -0.146. The van der Waals surface area contributed by atoms with Crippen LogP contribution in [0.25, 0.3) is 0 Å². The number of carboxylic acid groups (broad SMARTS) is 1. The second-order valence-corrected chi connectivity index (χ2v) is 7.30. The molecule has 1 aliphatic rings. The molecule has 2 unspecified atom stereocenters. The average Bonchev–Trinajstić information content (AvgIpc) is 2.85. The molecule has 4 heteroatoms. The molecule has 0 aliphatic heterocycles. The second-order valence-electron chi connectivity index (χ2n) is 7.30. The Morgan fingerprint density at radius 2 is 2.08 bits per heavy atom. The molecule has 1 rings (SSSR count). The molecule has 144 valence electrons. The zero-order valence-electron chi connectivity index (χ0n) is 16.1. The van der Waals surface area contributed by atoms with Crippen molar-refractivity contribution in [2.75, 3.05) is 0 Å². The lowest BCUT2D eigenvalue weighted by Gasteiger charge is -2.17. The fourth-order valence-electron chi connectivity index (χ4n) is 3.41. The van der Waals surface area contributed by atoms with Gasteiger partial charge in [-0.25, -0.2) is 4.79 Å². The molecule has 0 amide bonds. The summed E-state index contributed by atoms with van der Waals surface area (Å²) in [5.74, 6) is 6.19. The van der Waals surface area contributed by atoms with Gasteiger partial charge < -0.3 is 10.2 Å². The van der Waals surface area contributed by atoms with Gasteiger partial charge in [-0.2, -0.15) is 0 Å². The molecule has 0 saturated heterocycles. The van der Waals surface area contributed by atoms with E-state index in [-0.39, 0.29) is 18.3 Å². The van der Waals surface area contributed by atoms with Gasteiger partial charge in [0, 0.05) is 18.8 Å². The molecule has 1 fully saturated rings. The van der Waals surface area contributed by atoms with E-state index in [0.29, 0.717) is 36.9 Å². The fraction of sp³-hybridized carbons (Fsp3) is 0.636. The number of aliphatic hydroxyl groups excluding tert-OH is 1. The number of carboxylic acids is 1. The third kappa shape index (κ3) is 7.58. The maximum absolute atomic E-state index is 12.3. The fourth-order valence-corrected chi connectivity index (χ4v) is 3.41. The molecule has 0 radical (unpaired) electrons. The van der Waals surface area contributed by atoms with Gasteiger partial charge in [0.25, 0.3) is 0 Å². The minimum absolute atomic E-state index is 0.00420. The number of hydrogen-bond acceptors (Lipinski definition) is 3. The Kier molecular flexibility index (Phi) is 9.98. The average molecular weight is 360 g/mol. The van der Waals surface area contributed by atoms with Crippen LogP contribution < -0.4 is 0 Å². The first kappa shape index (κ1) is 22.2. The summed E-state index contributed by atoms with van der Waals surface area (Å²) in [5, 5.41) is 17.9. The van der Waals surface area contributed by atoms with Crippen LogP contribution >= 0.6 is 0 Å². The summed E-state index contributed by atoms with van der Waals surface area (Å²) < 4.78 is 0. The van der Waals surface area contributed by atoms with Crippen molar-refractivity contribution in [3.05, 3.63) is 24.3 Å². The van der Waals surface area contributed by atoms with Gasteiger partial charge in [0.1, 0.15) is 5.78 Å². The standard InChI is InChI=1S/C22H32O4/c1-4-5-7-10-16(2)13-14-18-17(3)15-21(24)19(18)11-8-6-9-12-20(23)22(25)26/h6,8,13-14,16-20,23H,7,9-12,15H2,1-3H3,(H,25,26)/t16?,17-,18+,19-,20?/m1/s1. The highest BCUT2D eigenvalue weighted by Gasteiger charge is 2.37. The van der Waals surface area contributed by atoms with E-state index in [2.05, 4.69) is 37.8 Å². The third-order valence-electron chi connectivity index (χ3n) is 5.07. The van der Waals surface area contributed by atoms with Crippen LogP contribution in [0.4, 0.5) is 0 Å². The molecule has 5 atom stereocenters. The van der Waals surface area contributed by atoms with Crippen LogP contribution in [0, 0.1) is 35.5 Å². The summed E-state index contributed by atoms with van der Waals surface area (Å²) in [6.45, 7) is 6.16. The normalized spacial score (nSPS) is 25.4. The van der Waals surface area contributed by atoms with Crippen molar-refractivity contribution >= 4 is 11.8 Å². The maximum atomic E-state index is 12.3. The van der Waals surface area contributed by atoms with E-state index < -0.39 is 12.1 Å². The number of carbonyl (C=O) groups excluding carboxylic acids is 1. The third-order valence-corrected chi connectivity index (χ3v) is 5.07. The van der Waals surface area contributed by atoms with E-state index in [1.165, 1.54) is 0 Å². The first-order valence-electron chi connectivity index (χ1n) is 9.53. The van der Waals surface area contributed by atoms with Crippen molar-refractivity contribution in [1.82, 2.24) is 0 Å². The summed E-state index contributed by atoms with van der Waals surface area (Å²) in [6, 6.07) is 0. The van der Waals surface area contributed by atoms with Crippen LogP contribution in [0.3, 0.4) is 0 Å². The van der Waals surface area contributed by atoms with Crippen LogP contribution in [-0.4, -0.2) is 28.1 Å². The summed E-state index contributed by atoms with van der Waals surface area (Å²) in [5.41, 5.74) is 0. The van der Waals surface area contributed by atoms with E-state index >= 15 is 0 Å². The summed E-state index contributed by atoms with van der Waals surface area (Å²) >= 11 is 0. The van der Waals surface area contributed by atoms with Crippen LogP contribution in [0.1, 0.15) is 59.3 Å². The van der Waals surface area contributed by atoms with E-state index in [1.54, 1.807) is 0 Å². The Morgan fingerprint density at radius 1 is 1.35 bits per heavy atom. The van der Waals surface area contributed by atoms with Crippen LogP contribution in [0.5, 0.6) is 0 Å². The van der Waals surface area contributed by atoms with Gasteiger partial charge in [0.15, 0.2) is 6.10 Å². The van der Waals surface area contributed by atoms with Gasteiger partial charge >= 0.3 is 5.97 Å². The van der Waals surface area contributed by atoms with E-state index in [9.17, 15) is 14.7 Å². The smallest absolute Gasteiger partial charge is 0.332 e. The van der Waals surface area contributed by atoms with Gasteiger partial charge in [0.2, 0.25) is 0 Å². The number of hydrogen-bond donors (Lipinski definition) is 2. The van der Waals surface area contributed by atoms with Gasteiger partial charge in [-0.1, -0.05) is 38.2 Å². The number of aliphatic hydroxyl groups is 1. The van der Waals surface area contributed by atoms with Crippen molar-refractivity contribution in [2.24, 2.45) is 23.7 Å². The van der Waals surface area contributed by atoms with Crippen LogP contribution in [-0.2, 0) is 9.59 Å². The van der Waals surface area contributed by atoms with Gasteiger partial charge in [0.05, 0.1) is 0 Å². The zero-order chi connectivity index (χ0) is 19.5. The molecule has 0 aromatic carbocycles. The monoisotopic (exact) mass is 360 g/mol. The van der Waals surface area contributed by atoms with Crippen LogP contribution in [0.15, 0.2) is 24.3 Å². The first-order valence-corrected chi connectivity index (χ1v) is 9.53. The molecule has 1 saturated carbocycles. The minimum Gasteiger partial charge on any atom is -0.479 e. The molecule has 1 aliphatic carbocycles. The Balaban J connectivity index is 2.54. The number of allylic oxidation sites excluding steroid dienone is 4. The number of rotatable bonds is 10. The minimum atomic E-state index is -1.32. The molecule has 4 nitrogen and oxygen atoms in total. The Hall–Kier alpha value is -1.86. The number of Topliss-reactive ketones (excluding diaryl/α,β-unsaturated/α-hetero) is 1. The molecular formula is C22H32O4. The first-order chi connectivity index (χ1) is 12.4. The summed E-state index contributed by atoms with van der Waals surface area (Å²) in [6.07, 6.45) is 10.9. The number of carbonyl (C=O) groups is 2. The zero-order valence-corrected chi connectivity index (χ0v) is 16.1. The predicted molar refractivity (Wildman–Crippen MR) is 103 cm³/mol. The highest BCUT2D eigenvalue weighted by atomic mass is 16.4. The summed E-state index contributed by atoms with van der Waals surface area (Å²) in [4.78, 5) is 22.9. The second kappa shape index (κ2) is 11.7. The van der Waals surface area contributed by atoms with Crippen molar-refractivity contribution in [2.45, 2.75) is 65.4 Å². The van der Waals surface area contributed by atoms with E-state index in [1.807, 2.05) is 19.1 Å². The molecule has 2 N–H and O–H groups in total. The van der Waals surface area contributed by atoms with Gasteiger partial charge in [-0.05, 0) is 50.4 Å². The highest BCUT2D eigenvalue weighted by molar-refractivity contribution is 5.84. The molecule has 0 spiro atoms. The van der Waals surface area contributed by atoms with E-state index in [0.717, 1.165) is 12.8 Å². The lowest BCUT2D eigenvalue weighted by Crippen LogP contribution is -2.18. The van der Waals surface area contributed by atoms with Crippen LogP contribution in [0.2, 0.25) is 0 Å². The SMILES string of the molecule is CC#CCCC(C)C=C[C@H]1[C@H](C)CC(=O)[C@@H]1CC=CCCC(O)C(=O)O. The van der Waals surface area contributed by atoms with Crippen molar-refractivity contribution in [1.29, 1.82) is 0 Å². The van der Waals surface area contributed by atoms with Crippen molar-refractivity contribution < 1.29 is 19.8 Å². The van der Waals surface area contributed by atoms with Gasteiger partial charge in [-0.3, -0.25) is 4.79 Å². The Morgan fingerprint density at radius 3 is 2.73 bits per heavy atom. The number of aliphatic carboxylic acids is 1. The lowest BCUT2D eigenvalue weighted by atomic mass is 9.86.